The van der Waals surface area contributed by atoms with Gasteiger partial charge in [0.1, 0.15) is 5.52 Å². The highest BCUT2D eigenvalue weighted by molar-refractivity contribution is 7.99. The molecule has 0 bridgehead atoms. The minimum Gasteiger partial charge on any atom is -0.431 e. The molecule has 7 heteroatoms. The second-order valence-electron chi connectivity index (χ2n) is 4.30. The molecule has 1 heterocycles. The number of hydrogen-bond donors (Lipinski definition) is 1. The number of nitrogen functional groups attached to an aromatic ring is 1. The molecular weight excluding hydrogens is 301 g/mol. The third-order valence-corrected chi connectivity index (χ3v) is 3.65. The number of halogens is 3. The van der Waals surface area contributed by atoms with Crippen LogP contribution in [0, 0.1) is 0 Å². The molecule has 2 N–H and O–H groups in total. The van der Waals surface area contributed by atoms with Gasteiger partial charge in [0.15, 0.2) is 5.58 Å². The molecule has 108 valence electrons. The number of hydrogen-bond acceptors (Lipinski definition) is 4. The first kappa shape index (κ1) is 13.8. The monoisotopic (exact) mass is 310 g/mol. The first-order chi connectivity index (χ1) is 9.93. The number of nitrogens with zero attached hydrogens (tertiary/aromatic N) is 1. The highest BCUT2D eigenvalue weighted by Crippen LogP contribution is 2.38. The van der Waals surface area contributed by atoms with Crippen molar-refractivity contribution in [1.82, 2.24) is 4.98 Å². The van der Waals surface area contributed by atoms with E-state index >= 15 is 0 Å². The Hall–Kier alpha value is -2.15. The number of rotatable bonds is 2. The van der Waals surface area contributed by atoms with Crippen LogP contribution in [0.15, 0.2) is 57.0 Å². The van der Waals surface area contributed by atoms with Crippen molar-refractivity contribution in [2.45, 2.75) is 16.3 Å². The van der Waals surface area contributed by atoms with E-state index in [1.165, 1.54) is 12.1 Å². The number of benzene rings is 2. The first-order valence-corrected chi connectivity index (χ1v) is 6.75. The molecule has 0 fully saturated rings. The van der Waals surface area contributed by atoms with E-state index in [-0.39, 0.29) is 10.9 Å². The van der Waals surface area contributed by atoms with Crippen LogP contribution in [0.2, 0.25) is 0 Å². The Morgan fingerprint density at radius 1 is 1.10 bits per heavy atom. The highest BCUT2D eigenvalue weighted by atomic mass is 32.2. The lowest BCUT2D eigenvalue weighted by Gasteiger charge is -2.10. The Kier molecular flexibility index (Phi) is 3.29. The maximum Gasteiger partial charge on any atom is 0.418 e. The summed E-state index contributed by atoms with van der Waals surface area (Å²) in [5.41, 5.74) is 5.45. The lowest BCUT2D eigenvalue weighted by atomic mass is 10.2. The van der Waals surface area contributed by atoms with Gasteiger partial charge in [-0.25, -0.2) is 4.98 Å². The predicted octanol–water partition coefficient (Wildman–Crippen LogP) is 4.58. The molecule has 0 spiro atoms. The maximum atomic E-state index is 12.8. The Morgan fingerprint density at radius 2 is 1.86 bits per heavy atom. The molecule has 0 saturated heterocycles. The van der Waals surface area contributed by atoms with Crippen LogP contribution in [0.3, 0.4) is 0 Å². The molecule has 0 amide bonds. The number of alkyl halides is 3. The maximum absolute atomic E-state index is 12.8. The van der Waals surface area contributed by atoms with Crippen LogP contribution >= 0.6 is 11.8 Å². The molecule has 21 heavy (non-hydrogen) atoms. The van der Waals surface area contributed by atoms with Gasteiger partial charge in [0.05, 0.1) is 5.56 Å². The summed E-state index contributed by atoms with van der Waals surface area (Å²) in [6, 6.07) is 10.9. The average Bonchev–Trinajstić information content (AvgIpc) is 2.82. The average molecular weight is 310 g/mol. The van der Waals surface area contributed by atoms with E-state index in [2.05, 4.69) is 4.98 Å². The minimum atomic E-state index is -4.48. The zero-order chi connectivity index (χ0) is 15.0. The van der Waals surface area contributed by atoms with Gasteiger partial charge in [-0.3, -0.25) is 0 Å². The van der Waals surface area contributed by atoms with Gasteiger partial charge in [-0.1, -0.05) is 12.1 Å². The summed E-state index contributed by atoms with van der Waals surface area (Å²) in [7, 11) is 0. The molecule has 3 nitrogen and oxygen atoms in total. The number of nitrogens with two attached hydrogens (primary N) is 1. The summed E-state index contributed by atoms with van der Waals surface area (Å²) in [5.74, 6) is 0. The Morgan fingerprint density at radius 3 is 2.57 bits per heavy atom. The molecule has 0 aliphatic carbocycles. The van der Waals surface area contributed by atoms with Gasteiger partial charge in [0.25, 0.3) is 5.22 Å². The van der Waals surface area contributed by atoms with Crippen LogP contribution in [0.5, 0.6) is 0 Å². The topological polar surface area (TPSA) is 52.0 Å². The Labute approximate surface area is 122 Å². The van der Waals surface area contributed by atoms with Crippen LogP contribution < -0.4 is 5.73 Å². The van der Waals surface area contributed by atoms with Crippen molar-refractivity contribution >= 4 is 28.5 Å². The van der Waals surface area contributed by atoms with Crippen LogP contribution in [0.25, 0.3) is 11.1 Å². The second-order valence-corrected chi connectivity index (χ2v) is 5.32. The van der Waals surface area contributed by atoms with Gasteiger partial charge >= 0.3 is 6.18 Å². The van der Waals surface area contributed by atoms with Crippen LogP contribution in [0.4, 0.5) is 18.9 Å². The van der Waals surface area contributed by atoms with E-state index in [4.69, 9.17) is 10.2 Å². The van der Waals surface area contributed by atoms with Gasteiger partial charge in [0, 0.05) is 10.6 Å². The van der Waals surface area contributed by atoms with Crippen molar-refractivity contribution in [2.75, 3.05) is 5.73 Å². The van der Waals surface area contributed by atoms with Crippen molar-refractivity contribution in [2.24, 2.45) is 0 Å². The zero-order valence-corrected chi connectivity index (χ0v) is 11.3. The minimum absolute atomic E-state index is 0.286. The molecule has 0 radical (unpaired) electrons. The largest absolute Gasteiger partial charge is 0.431 e. The molecule has 1 aromatic heterocycles. The Balaban J connectivity index is 1.94. The summed E-state index contributed by atoms with van der Waals surface area (Å²) in [5, 5.41) is 0.286. The molecule has 2 aromatic carbocycles. The quantitative estimate of drug-likeness (QED) is 0.704. The molecule has 3 rings (SSSR count). The van der Waals surface area contributed by atoms with Gasteiger partial charge in [-0.2, -0.15) is 13.2 Å². The van der Waals surface area contributed by atoms with E-state index in [1.807, 2.05) is 6.07 Å². The van der Waals surface area contributed by atoms with Crippen molar-refractivity contribution in [3.8, 4) is 0 Å². The van der Waals surface area contributed by atoms with E-state index in [0.717, 1.165) is 17.8 Å². The third kappa shape index (κ3) is 2.82. The molecule has 0 unspecified atom stereocenters. The smallest absolute Gasteiger partial charge is 0.418 e. The van der Waals surface area contributed by atoms with Gasteiger partial charge in [-0.15, -0.1) is 0 Å². The van der Waals surface area contributed by atoms with Crippen LogP contribution in [-0.2, 0) is 6.18 Å². The van der Waals surface area contributed by atoms with E-state index in [9.17, 15) is 13.2 Å². The molecule has 0 aliphatic heterocycles. The SMILES string of the molecule is Nc1ccc(Sc2nc3ccccc3o2)cc1C(F)(F)F. The summed E-state index contributed by atoms with van der Waals surface area (Å²) in [6.07, 6.45) is -4.48. The number of para-hydroxylation sites is 2. The third-order valence-electron chi connectivity index (χ3n) is 2.81. The molecule has 0 aliphatic rings. The molecule has 0 atom stereocenters. The molecule has 3 aromatic rings. The van der Waals surface area contributed by atoms with Crippen molar-refractivity contribution < 1.29 is 17.6 Å². The highest BCUT2D eigenvalue weighted by Gasteiger charge is 2.33. The van der Waals surface area contributed by atoms with E-state index < -0.39 is 11.7 Å². The normalized spacial score (nSPS) is 12.0. The van der Waals surface area contributed by atoms with Crippen LogP contribution in [-0.4, -0.2) is 4.98 Å². The lowest BCUT2D eigenvalue weighted by Crippen LogP contribution is -2.08. The predicted molar refractivity (Wildman–Crippen MR) is 74.0 cm³/mol. The van der Waals surface area contributed by atoms with Crippen molar-refractivity contribution in [3.05, 3.63) is 48.0 Å². The lowest BCUT2D eigenvalue weighted by molar-refractivity contribution is -0.137. The molecule has 0 saturated carbocycles. The molecular formula is C14H9F3N2OS. The van der Waals surface area contributed by atoms with Crippen molar-refractivity contribution in [3.63, 3.8) is 0 Å². The number of aromatic nitrogens is 1. The van der Waals surface area contributed by atoms with E-state index in [0.29, 0.717) is 16.0 Å². The summed E-state index contributed by atoms with van der Waals surface area (Å²) >= 11 is 1.02. The van der Waals surface area contributed by atoms with Gasteiger partial charge in [0.2, 0.25) is 0 Å². The Bertz CT molecular complexity index is 765. The summed E-state index contributed by atoms with van der Waals surface area (Å²) < 4.78 is 43.9. The standard InChI is InChI=1S/C14H9F3N2OS/c15-14(16,17)9-7-8(5-6-10(9)18)21-13-19-11-3-1-2-4-12(11)20-13/h1-7H,18H2. The van der Waals surface area contributed by atoms with Gasteiger partial charge in [-0.05, 0) is 42.1 Å². The van der Waals surface area contributed by atoms with Crippen molar-refractivity contribution in [1.29, 1.82) is 0 Å². The van der Waals surface area contributed by atoms with E-state index in [1.54, 1.807) is 18.2 Å². The second kappa shape index (κ2) is 5.00. The number of anilines is 1. The number of oxazole rings is 1. The van der Waals surface area contributed by atoms with Crippen LogP contribution in [0.1, 0.15) is 5.56 Å². The summed E-state index contributed by atoms with van der Waals surface area (Å²) in [6.45, 7) is 0. The first-order valence-electron chi connectivity index (χ1n) is 5.93. The number of fused-ring (bicyclic) bond motifs is 1. The fourth-order valence-electron chi connectivity index (χ4n) is 1.84. The fraction of sp³-hybridized carbons (Fsp3) is 0.0714. The fourth-order valence-corrected chi connectivity index (χ4v) is 2.63. The summed E-state index contributed by atoms with van der Waals surface area (Å²) in [4.78, 5) is 4.57. The zero-order valence-electron chi connectivity index (χ0n) is 10.5. The van der Waals surface area contributed by atoms with Gasteiger partial charge < -0.3 is 10.2 Å².